The van der Waals surface area contributed by atoms with Crippen LogP contribution < -0.4 is 14.9 Å². The Labute approximate surface area is 217 Å². The molecule has 10 nitrogen and oxygen atoms in total. The van der Waals surface area contributed by atoms with E-state index in [4.69, 9.17) is 4.74 Å². The zero-order valence-corrected chi connectivity index (χ0v) is 22.8. The SMILES string of the molecule is Cc1nc(-c2nnc(C(F)F)s2)c2cc(S(=O)(=O)NC3(C)COC3)cc(N3C[C@H](C)NC(C)(C)C3)c2n1. The lowest BCUT2D eigenvalue weighted by Gasteiger charge is -2.44. The summed E-state index contributed by atoms with van der Waals surface area (Å²) in [5, 5.41) is 11.2. The zero-order valence-electron chi connectivity index (χ0n) is 21.2. The normalized spacial score (nSPS) is 21.4. The third-order valence-corrected chi connectivity index (χ3v) is 8.84. The third-order valence-electron chi connectivity index (χ3n) is 6.29. The van der Waals surface area contributed by atoms with Crippen molar-refractivity contribution in [1.82, 2.24) is 30.2 Å². The molecule has 3 aromatic rings. The highest BCUT2D eigenvalue weighted by Crippen LogP contribution is 2.38. The van der Waals surface area contributed by atoms with Crippen LogP contribution in [0.2, 0.25) is 0 Å². The number of nitrogens with one attached hydrogen (secondary N) is 2. The van der Waals surface area contributed by atoms with Gasteiger partial charge >= 0.3 is 0 Å². The molecule has 4 heterocycles. The van der Waals surface area contributed by atoms with E-state index in [1.807, 2.05) is 0 Å². The van der Waals surface area contributed by atoms with Gasteiger partial charge < -0.3 is 15.0 Å². The highest BCUT2D eigenvalue weighted by molar-refractivity contribution is 7.89. The number of nitrogens with zero attached hydrogens (tertiary/aromatic N) is 5. The predicted octanol–water partition coefficient (Wildman–Crippen LogP) is 3.04. The average molecular weight is 554 g/mol. The van der Waals surface area contributed by atoms with Crippen molar-refractivity contribution in [1.29, 1.82) is 0 Å². The first-order valence-electron chi connectivity index (χ1n) is 11.8. The molecular formula is C23H29F2N7O3S2. The molecule has 0 unspecified atom stereocenters. The number of halogens is 2. The monoisotopic (exact) mass is 553 g/mol. The number of piperazine rings is 1. The number of fused-ring (bicyclic) bond motifs is 1. The fraction of sp³-hybridized carbons (Fsp3) is 0.565. The predicted molar refractivity (Wildman–Crippen MR) is 137 cm³/mol. The van der Waals surface area contributed by atoms with Crippen LogP contribution in [0.15, 0.2) is 17.0 Å². The van der Waals surface area contributed by atoms with E-state index in [1.54, 1.807) is 19.9 Å². The molecule has 2 fully saturated rings. The summed E-state index contributed by atoms with van der Waals surface area (Å²) in [5.74, 6) is 0.410. The van der Waals surface area contributed by atoms with Crippen molar-refractivity contribution < 1.29 is 21.9 Å². The number of alkyl halides is 2. The Bertz CT molecular complexity index is 1460. The summed E-state index contributed by atoms with van der Waals surface area (Å²) in [4.78, 5) is 11.3. The van der Waals surface area contributed by atoms with Crippen molar-refractivity contribution in [3.05, 3.63) is 23.0 Å². The standard InChI is InChI=1S/C23H29F2N7O3S2/c1-12-8-32(9-22(3,4)28-12)16-7-14(37(33,34)31-23(5)10-35-11-23)6-15-17(16)26-13(2)27-18(15)20-29-30-21(36-20)19(24)25/h6-7,12,19,28,31H,8-11H2,1-5H3/t12-/m0/s1. The number of hydrogen-bond donors (Lipinski definition) is 2. The Balaban J connectivity index is 1.74. The van der Waals surface area contributed by atoms with E-state index in [1.165, 1.54) is 6.07 Å². The Kier molecular flexibility index (Phi) is 6.46. The highest BCUT2D eigenvalue weighted by atomic mass is 32.2. The van der Waals surface area contributed by atoms with Gasteiger partial charge in [-0.15, -0.1) is 10.2 Å². The van der Waals surface area contributed by atoms with Crippen molar-refractivity contribution in [2.45, 2.75) is 63.1 Å². The van der Waals surface area contributed by atoms with Crippen molar-refractivity contribution in [2.75, 3.05) is 31.2 Å². The van der Waals surface area contributed by atoms with Gasteiger partial charge in [-0.3, -0.25) is 0 Å². The van der Waals surface area contributed by atoms with Gasteiger partial charge in [-0.1, -0.05) is 11.3 Å². The maximum absolute atomic E-state index is 13.6. The van der Waals surface area contributed by atoms with Gasteiger partial charge in [-0.25, -0.2) is 31.9 Å². The molecule has 0 spiro atoms. The molecule has 1 atom stereocenters. The van der Waals surface area contributed by atoms with Crippen LogP contribution in [0.3, 0.4) is 0 Å². The summed E-state index contributed by atoms with van der Waals surface area (Å²) < 4.78 is 61.7. The lowest BCUT2D eigenvalue weighted by Crippen LogP contribution is -2.61. The van der Waals surface area contributed by atoms with Crippen LogP contribution in [0.25, 0.3) is 21.6 Å². The minimum atomic E-state index is -3.97. The maximum atomic E-state index is 13.6. The first-order chi connectivity index (χ1) is 17.3. The number of sulfonamides is 1. The van der Waals surface area contributed by atoms with Crippen molar-refractivity contribution in [3.8, 4) is 10.7 Å². The van der Waals surface area contributed by atoms with Crippen molar-refractivity contribution in [3.63, 3.8) is 0 Å². The molecule has 2 saturated heterocycles. The van der Waals surface area contributed by atoms with Gasteiger partial charge in [0.25, 0.3) is 6.43 Å². The number of ether oxygens (including phenoxy) is 1. The van der Waals surface area contributed by atoms with Crippen LogP contribution in [0, 0.1) is 6.92 Å². The fourth-order valence-electron chi connectivity index (χ4n) is 4.94. The minimum absolute atomic E-state index is 0.0272. The summed E-state index contributed by atoms with van der Waals surface area (Å²) in [5.41, 5.74) is 0.464. The number of benzene rings is 1. The van der Waals surface area contributed by atoms with E-state index in [-0.39, 0.29) is 40.4 Å². The van der Waals surface area contributed by atoms with Gasteiger partial charge in [-0.05, 0) is 46.8 Å². The molecule has 0 aliphatic carbocycles. The van der Waals surface area contributed by atoms with Crippen molar-refractivity contribution in [2.24, 2.45) is 0 Å². The second-order valence-corrected chi connectivity index (χ2v) is 13.4. The van der Waals surface area contributed by atoms with E-state index >= 15 is 0 Å². The number of anilines is 1. The minimum Gasteiger partial charge on any atom is -0.377 e. The lowest BCUT2D eigenvalue weighted by molar-refractivity contribution is -0.0523. The summed E-state index contributed by atoms with van der Waals surface area (Å²) >= 11 is 0.728. The molecule has 0 bridgehead atoms. The molecule has 2 aliphatic rings. The van der Waals surface area contributed by atoms with Gasteiger partial charge in [0.15, 0.2) is 10.0 Å². The first-order valence-corrected chi connectivity index (χ1v) is 14.1. The Hall–Kier alpha value is -2.39. The van der Waals surface area contributed by atoms with Gasteiger partial charge in [0.2, 0.25) is 10.0 Å². The Morgan fingerprint density at radius 1 is 1.22 bits per heavy atom. The van der Waals surface area contributed by atoms with E-state index in [2.05, 4.69) is 55.9 Å². The quantitative estimate of drug-likeness (QED) is 0.474. The third kappa shape index (κ3) is 5.17. The highest BCUT2D eigenvalue weighted by Gasteiger charge is 2.39. The molecule has 0 amide bonds. The molecule has 200 valence electrons. The molecular weight excluding hydrogens is 524 g/mol. The maximum Gasteiger partial charge on any atom is 0.291 e. The summed E-state index contributed by atoms with van der Waals surface area (Å²) in [6, 6.07) is 3.24. The molecule has 1 aromatic carbocycles. The van der Waals surface area contributed by atoms with Crippen LogP contribution >= 0.6 is 11.3 Å². The van der Waals surface area contributed by atoms with Crippen molar-refractivity contribution >= 4 is 38.0 Å². The summed E-state index contributed by atoms with van der Waals surface area (Å²) in [7, 11) is -3.97. The van der Waals surface area contributed by atoms with E-state index in [0.717, 1.165) is 11.3 Å². The molecule has 2 aliphatic heterocycles. The molecule has 2 aromatic heterocycles. The molecule has 0 saturated carbocycles. The second kappa shape index (κ2) is 9.12. The van der Waals surface area contributed by atoms with Gasteiger partial charge in [0, 0.05) is 30.1 Å². The summed E-state index contributed by atoms with van der Waals surface area (Å²) in [6.07, 6.45) is -2.77. The van der Waals surface area contributed by atoms with Crippen LogP contribution in [-0.2, 0) is 14.8 Å². The Morgan fingerprint density at radius 3 is 2.54 bits per heavy atom. The Morgan fingerprint density at radius 2 is 1.95 bits per heavy atom. The van der Waals surface area contributed by atoms with Gasteiger partial charge in [0.1, 0.15) is 11.5 Å². The number of aryl methyl sites for hydroxylation is 1. The zero-order chi connectivity index (χ0) is 26.8. The molecule has 2 N–H and O–H groups in total. The van der Waals surface area contributed by atoms with Crippen LogP contribution in [-0.4, -0.2) is 72.0 Å². The topological polar surface area (TPSA) is 122 Å². The largest absolute Gasteiger partial charge is 0.377 e. The van der Waals surface area contributed by atoms with Crippen LogP contribution in [0.5, 0.6) is 0 Å². The van der Waals surface area contributed by atoms with Crippen LogP contribution in [0.1, 0.15) is 45.0 Å². The van der Waals surface area contributed by atoms with Gasteiger partial charge in [0.05, 0.1) is 34.9 Å². The van der Waals surface area contributed by atoms with E-state index < -0.39 is 27.0 Å². The second-order valence-electron chi connectivity index (χ2n) is 10.7. The van der Waals surface area contributed by atoms with E-state index in [0.29, 0.717) is 35.5 Å². The molecule has 0 radical (unpaired) electrons. The van der Waals surface area contributed by atoms with Crippen LogP contribution in [0.4, 0.5) is 14.5 Å². The first kappa shape index (κ1) is 26.2. The fourth-order valence-corrected chi connectivity index (χ4v) is 7.07. The lowest BCUT2D eigenvalue weighted by atomic mass is 9.98. The number of rotatable bonds is 6. The number of aromatic nitrogens is 4. The molecule has 14 heteroatoms. The molecule has 5 rings (SSSR count). The smallest absolute Gasteiger partial charge is 0.291 e. The average Bonchev–Trinajstić information content (AvgIpc) is 3.25. The van der Waals surface area contributed by atoms with Gasteiger partial charge in [-0.2, -0.15) is 0 Å². The van der Waals surface area contributed by atoms with E-state index in [9.17, 15) is 17.2 Å². The summed E-state index contributed by atoms with van der Waals surface area (Å²) in [6.45, 7) is 11.5. The molecule has 37 heavy (non-hydrogen) atoms. The number of hydrogen-bond acceptors (Lipinski definition) is 10.